The molecule has 0 radical (unpaired) electrons. The molecule has 0 aliphatic heterocycles. The van der Waals surface area contributed by atoms with Crippen LogP contribution in [0.3, 0.4) is 0 Å². The van der Waals surface area contributed by atoms with E-state index >= 15 is 0 Å². The number of hydrogen-bond acceptors (Lipinski definition) is 7. The quantitative estimate of drug-likeness (QED) is 0.312. The van der Waals surface area contributed by atoms with Gasteiger partial charge < -0.3 is 14.0 Å². The van der Waals surface area contributed by atoms with Crippen LogP contribution >= 0.6 is 0 Å². The van der Waals surface area contributed by atoms with E-state index < -0.39 is 11.6 Å². The molecule has 0 aliphatic rings. The number of hydrogen-bond donors (Lipinski definition) is 1. The lowest BCUT2D eigenvalue weighted by atomic mass is 10.1. The average Bonchev–Trinajstić information content (AvgIpc) is 3.21. The molecule has 176 valence electrons. The van der Waals surface area contributed by atoms with Crippen LogP contribution in [0.1, 0.15) is 39.1 Å². The van der Waals surface area contributed by atoms with E-state index in [-0.39, 0.29) is 18.9 Å². The zero-order valence-corrected chi connectivity index (χ0v) is 19.9. The highest BCUT2D eigenvalue weighted by atomic mass is 16.6. The minimum absolute atomic E-state index is 0.102. The van der Waals surface area contributed by atoms with Gasteiger partial charge in [-0.05, 0) is 47.6 Å². The first-order chi connectivity index (χ1) is 15.5. The van der Waals surface area contributed by atoms with E-state index in [0.717, 1.165) is 22.4 Å². The van der Waals surface area contributed by atoms with Gasteiger partial charge >= 0.3 is 11.7 Å². The standard InChI is InChI=1S/C24H30N4O5/c1-15(9-7-8-10-31-14-20(29)32-24(4,5)6)13-28-19-11-18(12-25-22(19)26-23(28)30)21-16(2)27-33-17(21)3/h7-9,11-12H,10,13-14H2,1-6H3,(H,25,26,30)/b8-7-,15-9+. The van der Waals surface area contributed by atoms with Crippen molar-refractivity contribution in [1.82, 2.24) is 19.7 Å². The zero-order valence-electron chi connectivity index (χ0n) is 19.9. The molecule has 0 spiro atoms. The van der Waals surface area contributed by atoms with E-state index in [1.807, 2.05) is 59.8 Å². The highest BCUT2D eigenvalue weighted by Gasteiger charge is 2.16. The molecule has 9 heteroatoms. The molecule has 33 heavy (non-hydrogen) atoms. The number of H-pyrrole nitrogens is 1. The maximum atomic E-state index is 12.5. The second kappa shape index (κ2) is 9.99. The van der Waals surface area contributed by atoms with Crippen LogP contribution in [0, 0.1) is 13.8 Å². The van der Waals surface area contributed by atoms with Gasteiger partial charge in [-0.15, -0.1) is 0 Å². The first-order valence-corrected chi connectivity index (χ1v) is 10.7. The normalized spacial score (nSPS) is 12.7. The summed E-state index contributed by atoms with van der Waals surface area (Å²) in [6, 6.07) is 1.92. The van der Waals surface area contributed by atoms with E-state index in [0.29, 0.717) is 23.5 Å². The van der Waals surface area contributed by atoms with Gasteiger partial charge in [-0.3, -0.25) is 9.55 Å². The van der Waals surface area contributed by atoms with Crippen LogP contribution in [0.5, 0.6) is 0 Å². The predicted molar refractivity (Wildman–Crippen MR) is 125 cm³/mol. The lowest BCUT2D eigenvalue weighted by molar-refractivity contribution is -0.159. The predicted octanol–water partition coefficient (Wildman–Crippen LogP) is 3.86. The van der Waals surface area contributed by atoms with Crippen LogP contribution in [-0.2, 0) is 20.8 Å². The van der Waals surface area contributed by atoms with Crippen molar-refractivity contribution < 1.29 is 18.8 Å². The minimum atomic E-state index is -0.528. The lowest BCUT2D eigenvalue weighted by Gasteiger charge is -2.19. The summed E-state index contributed by atoms with van der Waals surface area (Å²) in [4.78, 5) is 31.3. The molecule has 0 bridgehead atoms. The highest BCUT2D eigenvalue weighted by Crippen LogP contribution is 2.28. The second-order valence-corrected chi connectivity index (χ2v) is 8.85. The Bertz CT molecular complexity index is 1230. The number of fused-ring (bicyclic) bond motifs is 1. The molecule has 0 saturated heterocycles. The van der Waals surface area contributed by atoms with Crippen LogP contribution in [0.15, 0.2) is 45.4 Å². The third kappa shape index (κ3) is 6.29. The SMILES string of the molecule is C/C(=C\C=C/COCC(=O)OC(C)(C)C)Cn1c(=O)[nH]c2ncc(-c3c(C)noc3C)cc21. The molecule has 3 heterocycles. The van der Waals surface area contributed by atoms with E-state index in [4.69, 9.17) is 14.0 Å². The number of imidazole rings is 1. The molecular weight excluding hydrogens is 424 g/mol. The maximum Gasteiger partial charge on any atom is 0.332 e. The molecule has 0 aromatic carbocycles. The van der Waals surface area contributed by atoms with Crippen LogP contribution in [0.4, 0.5) is 0 Å². The number of rotatable bonds is 8. The van der Waals surface area contributed by atoms with Gasteiger partial charge in [-0.2, -0.15) is 0 Å². The summed E-state index contributed by atoms with van der Waals surface area (Å²) in [6.07, 6.45) is 7.23. The Kier molecular flexibility index (Phi) is 7.33. The van der Waals surface area contributed by atoms with Gasteiger partial charge in [0, 0.05) is 23.9 Å². The van der Waals surface area contributed by atoms with Crippen molar-refractivity contribution in [3.8, 4) is 11.1 Å². The number of aryl methyl sites for hydroxylation is 2. The molecule has 0 saturated carbocycles. The molecule has 0 fully saturated rings. The number of esters is 1. The molecule has 3 rings (SSSR count). The van der Waals surface area contributed by atoms with Crippen LogP contribution in [0.25, 0.3) is 22.3 Å². The third-order valence-electron chi connectivity index (χ3n) is 4.73. The van der Waals surface area contributed by atoms with Gasteiger partial charge in [0.05, 0.1) is 17.8 Å². The first-order valence-electron chi connectivity index (χ1n) is 10.7. The van der Waals surface area contributed by atoms with Gasteiger partial charge in [0.1, 0.15) is 18.0 Å². The Morgan fingerprint density at radius 1 is 1.30 bits per heavy atom. The van der Waals surface area contributed by atoms with E-state index in [9.17, 15) is 9.59 Å². The van der Waals surface area contributed by atoms with E-state index in [1.165, 1.54) is 0 Å². The van der Waals surface area contributed by atoms with Crippen molar-refractivity contribution in [3.63, 3.8) is 0 Å². The summed E-state index contributed by atoms with van der Waals surface area (Å²) in [5.74, 6) is 0.305. The van der Waals surface area contributed by atoms with Gasteiger partial charge in [-0.1, -0.05) is 29.0 Å². The maximum absolute atomic E-state index is 12.5. The molecule has 0 amide bonds. The number of allylic oxidation sites excluding steroid dienone is 3. The molecule has 0 atom stereocenters. The smallest absolute Gasteiger partial charge is 0.332 e. The molecule has 0 aliphatic carbocycles. The fraction of sp³-hybridized carbons (Fsp3) is 0.417. The monoisotopic (exact) mass is 454 g/mol. The zero-order chi connectivity index (χ0) is 24.2. The van der Waals surface area contributed by atoms with Gasteiger partial charge in [0.15, 0.2) is 5.65 Å². The number of carbonyl (C=O) groups excluding carboxylic acids is 1. The topological polar surface area (TPSA) is 112 Å². The van der Waals surface area contributed by atoms with Crippen molar-refractivity contribution in [3.05, 3.63) is 58.0 Å². The second-order valence-electron chi connectivity index (χ2n) is 8.85. The molecule has 0 unspecified atom stereocenters. The van der Waals surface area contributed by atoms with Crippen LogP contribution in [-0.4, -0.2) is 44.5 Å². The summed E-state index contributed by atoms with van der Waals surface area (Å²) in [6.45, 7) is 11.7. The minimum Gasteiger partial charge on any atom is -0.458 e. The number of nitrogens with zero attached hydrogens (tertiary/aromatic N) is 3. The van der Waals surface area contributed by atoms with Crippen molar-refractivity contribution in [2.45, 2.75) is 53.7 Å². The summed E-state index contributed by atoms with van der Waals surface area (Å²) in [5, 5.41) is 4.00. The van der Waals surface area contributed by atoms with Crippen molar-refractivity contribution in [2.75, 3.05) is 13.2 Å². The fourth-order valence-electron chi connectivity index (χ4n) is 3.39. The summed E-state index contributed by atoms with van der Waals surface area (Å²) >= 11 is 0. The molecular formula is C24H30N4O5. The van der Waals surface area contributed by atoms with Crippen molar-refractivity contribution in [1.29, 1.82) is 0 Å². The summed E-state index contributed by atoms with van der Waals surface area (Å²) < 4.78 is 17.4. The largest absolute Gasteiger partial charge is 0.458 e. The Balaban J connectivity index is 1.66. The summed E-state index contributed by atoms with van der Waals surface area (Å²) in [7, 11) is 0. The number of nitrogens with one attached hydrogen (secondary N) is 1. The highest BCUT2D eigenvalue weighted by molar-refractivity contribution is 5.79. The van der Waals surface area contributed by atoms with Gasteiger partial charge in [-0.25, -0.2) is 14.6 Å². The van der Waals surface area contributed by atoms with Crippen LogP contribution < -0.4 is 5.69 Å². The number of aromatic nitrogens is 4. The van der Waals surface area contributed by atoms with Gasteiger partial charge in [0.25, 0.3) is 0 Å². The Labute approximate surface area is 192 Å². The van der Waals surface area contributed by atoms with Crippen molar-refractivity contribution in [2.24, 2.45) is 0 Å². The van der Waals surface area contributed by atoms with Gasteiger partial charge in [0.2, 0.25) is 0 Å². The van der Waals surface area contributed by atoms with E-state index in [1.54, 1.807) is 16.8 Å². The Hall–Kier alpha value is -3.46. The number of aromatic amines is 1. The third-order valence-corrected chi connectivity index (χ3v) is 4.73. The molecule has 9 nitrogen and oxygen atoms in total. The molecule has 3 aromatic heterocycles. The molecule has 1 N–H and O–H groups in total. The Morgan fingerprint density at radius 2 is 2.06 bits per heavy atom. The van der Waals surface area contributed by atoms with Crippen molar-refractivity contribution >= 4 is 17.1 Å². The number of ether oxygens (including phenoxy) is 2. The Morgan fingerprint density at radius 3 is 2.73 bits per heavy atom. The number of carbonyl (C=O) groups is 1. The fourth-order valence-corrected chi connectivity index (χ4v) is 3.39. The average molecular weight is 455 g/mol. The lowest BCUT2D eigenvalue weighted by Crippen LogP contribution is -2.26. The molecule has 3 aromatic rings. The van der Waals surface area contributed by atoms with Crippen LogP contribution in [0.2, 0.25) is 0 Å². The van der Waals surface area contributed by atoms with E-state index in [2.05, 4.69) is 15.1 Å². The summed E-state index contributed by atoms with van der Waals surface area (Å²) in [5.41, 5.74) is 3.92. The number of pyridine rings is 1. The first kappa shape index (κ1) is 24.2.